The number of benzene rings is 2. The first-order valence-electron chi connectivity index (χ1n) is 8.66. The fraction of sp³-hybridized carbons (Fsp3) is 0.350. The number of nitrogens with one attached hydrogen (secondary N) is 1. The normalized spacial score (nSPS) is 15.7. The molecule has 26 heavy (non-hydrogen) atoms. The molecule has 0 saturated carbocycles. The Bertz CT molecular complexity index is 757. The van der Waals surface area contributed by atoms with Gasteiger partial charge in [-0.25, -0.2) is 0 Å². The van der Waals surface area contributed by atoms with Crippen molar-refractivity contribution < 1.29 is 9.53 Å². The summed E-state index contributed by atoms with van der Waals surface area (Å²) in [5.74, 6) is 0.639. The van der Waals surface area contributed by atoms with Gasteiger partial charge in [0.15, 0.2) is 0 Å². The van der Waals surface area contributed by atoms with Gasteiger partial charge in [-0.15, -0.1) is 0 Å². The van der Waals surface area contributed by atoms with E-state index in [-0.39, 0.29) is 11.8 Å². The summed E-state index contributed by atoms with van der Waals surface area (Å²) in [6, 6.07) is 13.1. The Morgan fingerprint density at radius 2 is 1.77 bits per heavy atom. The van der Waals surface area contributed by atoms with Crippen molar-refractivity contribution in [3.8, 4) is 5.75 Å². The molecule has 0 radical (unpaired) electrons. The zero-order valence-electron chi connectivity index (χ0n) is 14.7. The van der Waals surface area contributed by atoms with Crippen LogP contribution in [0.5, 0.6) is 5.75 Å². The van der Waals surface area contributed by atoms with E-state index in [2.05, 4.69) is 10.2 Å². The van der Waals surface area contributed by atoms with E-state index in [0.717, 1.165) is 37.5 Å². The minimum atomic E-state index is 0.000144. The number of anilines is 1. The summed E-state index contributed by atoms with van der Waals surface area (Å²) in [5, 5.41) is 4.28. The minimum absolute atomic E-state index is 0.000144. The first kappa shape index (κ1) is 19.0. The summed E-state index contributed by atoms with van der Waals surface area (Å²) in [6.07, 6.45) is 1.67. The number of carbonyl (C=O) groups is 1. The van der Waals surface area contributed by atoms with Gasteiger partial charge >= 0.3 is 0 Å². The Kier molecular flexibility index (Phi) is 6.41. The number of rotatable bonds is 5. The van der Waals surface area contributed by atoms with Crippen molar-refractivity contribution in [2.75, 3.05) is 25.5 Å². The van der Waals surface area contributed by atoms with Crippen molar-refractivity contribution in [2.45, 2.75) is 19.4 Å². The van der Waals surface area contributed by atoms with Crippen LogP contribution in [0.3, 0.4) is 0 Å². The van der Waals surface area contributed by atoms with Gasteiger partial charge in [-0.1, -0.05) is 35.3 Å². The summed E-state index contributed by atoms with van der Waals surface area (Å²) in [4.78, 5) is 15.0. The SMILES string of the molecule is COc1ccc(Cl)cc1NC(=O)C1CCN(Cc2ccc(Cl)cc2)CC1. The van der Waals surface area contributed by atoms with E-state index in [4.69, 9.17) is 27.9 Å². The Hall–Kier alpha value is -1.75. The highest BCUT2D eigenvalue weighted by molar-refractivity contribution is 6.31. The Labute approximate surface area is 164 Å². The van der Waals surface area contributed by atoms with E-state index in [0.29, 0.717) is 16.5 Å². The zero-order valence-corrected chi connectivity index (χ0v) is 16.2. The fourth-order valence-electron chi connectivity index (χ4n) is 3.21. The molecule has 4 nitrogen and oxygen atoms in total. The van der Waals surface area contributed by atoms with E-state index < -0.39 is 0 Å². The second-order valence-electron chi connectivity index (χ2n) is 6.51. The van der Waals surface area contributed by atoms with Crippen LogP contribution < -0.4 is 10.1 Å². The summed E-state index contributed by atoms with van der Waals surface area (Å²) in [5.41, 5.74) is 1.86. The van der Waals surface area contributed by atoms with Crippen molar-refractivity contribution in [3.05, 3.63) is 58.1 Å². The Morgan fingerprint density at radius 3 is 2.42 bits per heavy atom. The molecule has 1 aliphatic heterocycles. The van der Waals surface area contributed by atoms with Crippen molar-refractivity contribution in [3.63, 3.8) is 0 Å². The van der Waals surface area contributed by atoms with E-state index in [1.165, 1.54) is 5.56 Å². The smallest absolute Gasteiger partial charge is 0.227 e. The van der Waals surface area contributed by atoms with Gasteiger partial charge in [0.2, 0.25) is 5.91 Å². The average Bonchev–Trinajstić information content (AvgIpc) is 2.64. The Balaban J connectivity index is 1.53. The molecular weight excluding hydrogens is 371 g/mol. The van der Waals surface area contributed by atoms with Gasteiger partial charge < -0.3 is 10.1 Å². The molecule has 138 valence electrons. The number of likely N-dealkylation sites (tertiary alicyclic amines) is 1. The van der Waals surface area contributed by atoms with Crippen LogP contribution >= 0.6 is 23.2 Å². The standard InChI is InChI=1S/C20H22Cl2N2O2/c1-26-19-7-6-17(22)12-18(19)23-20(25)15-8-10-24(11-9-15)13-14-2-4-16(21)5-3-14/h2-7,12,15H,8-11,13H2,1H3,(H,23,25). The average molecular weight is 393 g/mol. The molecule has 0 aliphatic carbocycles. The molecule has 0 atom stereocenters. The van der Waals surface area contributed by atoms with Crippen LogP contribution in [0.4, 0.5) is 5.69 Å². The van der Waals surface area contributed by atoms with Gasteiger partial charge in [0, 0.05) is 22.5 Å². The number of nitrogens with zero attached hydrogens (tertiary/aromatic N) is 1. The monoisotopic (exact) mass is 392 g/mol. The third kappa shape index (κ3) is 4.91. The lowest BCUT2D eigenvalue weighted by Gasteiger charge is -2.31. The molecule has 0 spiro atoms. The maximum Gasteiger partial charge on any atom is 0.227 e. The van der Waals surface area contributed by atoms with Gasteiger partial charge in [-0.05, 0) is 61.8 Å². The molecule has 0 aromatic heterocycles. The quantitative estimate of drug-likeness (QED) is 0.790. The maximum atomic E-state index is 12.6. The third-order valence-corrected chi connectivity index (χ3v) is 5.18. The van der Waals surface area contributed by atoms with E-state index >= 15 is 0 Å². The van der Waals surface area contributed by atoms with Crippen LogP contribution in [0.1, 0.15) is 18.4 Å². The van der Waals surface area contributed by atoms with E-state index in [9.17, 15) is 4.79 Å². The number of halogens is 2. The van der Waals surface area contributed by atoms with Crippen molar-refractivity contribution in [1.82, 2.24) is 4.90 Å². The molecule has 1 N–H and O–H groups in total. The molecular formula is C20H22Cl2N2O2. The molecule has 3 rings (SSSR count). The van der Waals surface area contributed by atoms with Crippen molar-refractivity contribution in [1.29, 1.82) is 0 Å². The van der Waals surface area contributed by atoms with Gasteiger partial charge in [0.25, 0.3) is 0 Å². The predicted molar refractivity (Wildman–Crippen MR) is 106 cm³/mol. The lowest BCUT2D eigenvalue weighted by molar-refractivity contribution is -0.121. The largest absolute Gasteiger partial charge is 0.495 e. The first-order chi connectivity index (χ1) is 12.5. The number of ether oxygens (including phenoxy) is 1. The summed E-state index contributed by atoms with van der Waals surface area (Å²) < 4.78 is 5.29. The van der Waals surface area contributed by atoms with Gasteiger partial charge in [-0.3, -0.25) is 9.69 Å². The molecule has 1 amide bonds. The molecule has 1 saturated heterocycles. The molecule has 0 unspecified atom stereocenters. The minimum Gasteiger partial charge on any atom is -0.495 e. The summed E-state index contributed by atoms with van der Waals surface area (Å²) >= 11 is 12.0. The number of hydrogen-bond donors (Lipinski definition) is 1. The van der Waals surface area contributed by atoms with Gasteiger partial charge in [-0.2, -0.15) is 0 Å². The molecule has 1 aliphatic rings. The molecule has 2 aromatic rings. The molecule has 2 aromatic carbocycles. The zero-order chi connectivity index (χ0) is 18.5. The van der Waals surface area contributed by atoms with Crippen LogP contribution in [-0.4, -0.2) is 31.0 Å². The number of piperidine rings is 1. The van der Waals surface area contributed by atoms with E-state index in [1.54, 1.807) is 25.3 Å². The number of hydrogen-bond acceptors (Lipinski definition) is 3. The first-order valence-corrected chi connectivity index (χ1v) is 9.42. The van der Waals surface area contributed by atoms with Crippen LogP contribution in [0.15, 0.2) is 42.5 Å². The predicted octanol–water partition coefficient (Wildman–Crippen LogP) is 4.85. The lowest BCUT2D eigenvalue weighted by atomic mass is 9.95. The highest BCUT2D eigenvalue weighted by Gasteiger charge is 2.25. The van der Waals surface area contributed by atoms with Crippen LogP contribution in [0.25, 0.3) is 0 Å². The highest BCUT2D eigenvalue weighted by atomic mass is 35.5. The number of methoxy groups -OCH3 is 1. The van der Waals surface area contributed by atoms with Gasteiger partial charge in [0.1, 0.15) is 5.75 Å². The van der Waals surface area contributed by atoms with E-state index in [1.807, 2.05) is 24.3 Å². The van der Waals surface area contributed by atoms with Gasteiger partial charge in [0.05, 0.1) is 12.8 Å². The number of carbonyl (C=O) groups excluding carboxylic acids is 1. The molecule has 1 fully saturated rings. The molecule has 6 heteroatoms. The second kappa shape index (κ2) is 8.76. The third-order valence-electron chi connectivity index (χ3n) is 4.70. The van der Waals surface area contributed by atoms with Crippen LogP contribution in [-0.2, 0) is 11.3 Å². The summed E-state index contributed by atoms with van der Waals surface area (Å²) in [6.45, 7) is 2.68. The number of amides is 1. The van der Waals surface area contributed by atoms with Crippen molar-refractivity contribution >= 4 is 34.8 Å². The maximum absolute atomic E-state index is 12.6. The van der Waals surface area contributed by atoms with Crippen molar-refractivity contribution in [2.24, 2.45) is 5.92 Å². The van der Waals surface area contributed by atoms with Crippen LogP contribution in [0.2, 0.25) is 10.0 Å². The lowest BCUT2D eigenvalue weighted by Crippen LogP contribution is -2.37. The highest BCUT2D eigenvalue weighted by Crippen LogP contribution is 2.29. The molecule has 1 heterocycles. The molecule has 0 bridgehead atoms. The fourth-order valence-corrected chi connectivity index (χ4v) is 3.51. The Morgan fingerprint density at radius 1 is 1.12 bits per heavy atom. The topological polar surface area (TPSA) is 41.6 Å². The second-order valence-corrected chi connectivity index (χ2v) is 7.38. The summed E-state index contributed by atoms with van der Waals surface area (Å²) in [7, 11) is 1.58. The van der Waals surface area contributed by atoms with Crippen LogP contribution in [0, 0.1) is 5.92 Å².